The highest BCUT2D eigenvalue weighted by molar-refractivity contribution is 9.10. The van der Waals surface area contributed by atoms with E-state index in [1.165, 1.54) is 12.3 Å². The van der Waals surface area contributed by atoms with Crippen LogP contribution in [0, 0.1) is 0 Å². The van der Waals surface area contributed by atoms with Gasteiger partial charge in [0.05, 0.1) is 11.1 Å². The molecule has 1 aromatic carbocycles. The molecular weight excluding hydrogens is 486 g/mol. The third kappa shape index (κ3) is 5.55. The number of carboxylic acid groups (broad SMARTS) is 1. The van der Waals surface area contributed by atoms with Crippen molar-refractivity contribution in [3.05, 3.63) is 58.3 Å². The molecule has 4 rings (SSSR count). The van der Waals surface area contributed by atoms with Crippen LogP contribution in [0.5, 0.6) is 0 Å². The number of piperazine rings is 1. The second kappa shape index (κ2) is 10.2. The van der Waals surface area contributed by atoms with Gasteiger partial charge in [-0.25, -0.2) is 4.79 Å². The Kier molecular flexibility index (Phi) is 7.79. The summed E-state index contributed by atoms with van der Waals surface area (Å²) >= 11 is 3.51. The van der Waals surface area contributed by atoms with Gasteiger partial charge in [0.15, 0.2) is 0 Å². The molecule has 0 saturated carbocycles. The Balaban J connectivity index is 0.000000323. The number of aromatic amines is 1. The van der Waals surface area contributed by atoms with Crippen LogP contribution in [-0.2, 0) is 4.79 Å². The number of nitrogens with zero attached hydrogens (tertiary/aromatic N) is 2. The van der Waals surface area contributed by atoms with E-state index >= 15 is 0 Å². The van der Waals surface area contributed by atoms with Crippen LogP contribution < -0.4 is 11.1 Å². The zero-order valence-electron chi connectivity index (χ0n) is 19.4. The molecule has 0 spiro atoms. The van der Waals surface area contributed by atoms with Crippen molar-refractivity contribution in [3.63, 3.8) is 0 Å². The van der Waals surface area contributed by atoms with Gasteiger partial charge in [-0.05, 0) is 58.2 Å². The summed E-state index contributed by atoms with van der Waals surface area (Å²) in [7, 11) is 2.14. The zero-order valence-corrected chi connectivity index (χ0v) is 21.0. The van der Waals surface area contributed by atoms with Crippen molar-refractivity contribution < 1.29 is 14.7 Å². The second-order valence-corrected chi connectivity index (χ2v) is 9.85. The molecule has 0 bridgehead atoms. The number of hydrogen-bond acceptors (Lipinski definition) is 5. The predicted molar refractivity (Wildman–Crippen MR) is 134 cm³/mol. The van der Waals surface area contributed by atoms with Crippen LogP contribution in [0.4, 0.5) is 5.69 Å². The number of nitrogens with one attached hydrogen (secondary N) is 2. The number of aromatic carboxylic acids is 1. The number of fused-ring (bicyclic) bond motifs is 1. The molecule has 2 aromatic rings. The van der Waals surface area contributed by atoms with Crippen LogP contribution in [0.1, 0.15) is 36.7 Å². The molecule has 1 aromatic heterocycles. The minimum atomic E-state index is -0.897. The van der Waals surface area contributed by atoms with E-state index in [0.29, 0.717) is 24.2 Å². The number of carbonyl (C=O) groups excluding carboxylic acids is 1. The van der Waals surface area contributed by atoms with Gasteiger partial charge in [-0.15, -0.1) is 0 Å². The minimum Gasteiger partial charge on any atom is -0.478 e. The lowest BCUT2D eigenvalue weighted by Gasteiger charge is -2.51. The van der Waals surface area contributed by atoms with Crippen LogP contribution in [0.3, 0.4) is 0 Å². The van der Waals surface area contributed by atoms with Crippen molar-refractivity contribution >= 4 is 39.1 Å². The van der Waals surface area contributed by atoms with E-state index in [2.05, 4.69) is 69.9 Å². The number of likely N-dealkylation sites (N-methyl/N-ethyl adjacent to an activating group) is 1. The number of H-pyrrole nitrogens is 1. The van der Waals surface area contributed by atoms with Gasteiger partial charge in [0.2, 0.25) is 0 Å². The summed E-state index contributed by atoms with van der Waals surface area (Å²) in [6.45, 7) is 9.08. The Hall–Kier alpha value is -2.46. The van der Waals surface area contributed by atoms with E-state index in [0.717, 1.165) is 34.4 Å². The van der Waals surface area contributed by atoms with Crippen LogP contribution >= 0.6 is 15.9 Å². The molecular formula is C24H32BrN5O3. The lowest BCUT2D eigenvalue weighted by atomic mass is 9.89. The number of nitrogens with two attached hydrogens (primary N) is 1. The summed E-state index contributed by atoms with van der Waals surface area (Å²) in [5.41, 5.74) is 8.55. The first kappa shape index (κ1) is 25.2. The normalized spacial score (nSPS) is 25.2. The van der Waals surface area contributed by atoms with Crippen LogP contribution in [0.2, 0.25) is 0 Å². The number of aromatic nitrogens is 1. The van der Waals surface area contributed by atoms with E-state index in [4.69, 9.17) is 10.8 Å². The lowest BCUT2D eigenvalue weighted by molar-refractivity contribution is -0.110. The highest BCUT2D eigenvalue weighted by atomic mass is 79.9. The Morgan fingerprint density at radius 1 is 1.42 bits per heavy atom. The summed E-state index contributed by atoms with van der Waals surface area (Å²) in [4.78, 5) is 30.0. The van der Waals surface area contributed by atoms with Gasteiger partial charge in [-0.1, -0.05) is 15.9 Å². The van der Waals surface area contributed by atoms with Crippen molar-refractivity contribution in [1.82, 2.24) is 14.8 Å². The standard InChI is InChI=1S/C19H27BrN4O.C5H5NO2/c1-12(9-21)24-10-13(2)23(4)19(3,11-24)8-16-15-7-14(20)5-6-17(15)22-18(16)25;7-5(8)4-1-2-6-3-4/h5-8,12-13H,9-11,21H2,1-4H3,(H,22,25);1-3,6H,(H,7,8)/b16-8-;. The van der Waals surface area contributed by atoms with Crippen molar-refractivity contribution in [3.8, 4) is 0 Å². The molecule has 1 amide bonds. The maximum absolute atomic E-state index is 12.6. The highest BCUT2D eigenvalue weighted by Crippen LogP contribution is 2.37. The molecule has 8 nitrogen and oxygen atoms in total. The fourth-order valence-corrected chi connectivity index (χ4v) is 4.62. The summed E-state index contributed by atoms with van der Waals surface area (Å²) in [5, 5.41) is 11.2. The molecule has 5 N–H and O–H groups in total. The highest BCUT2D eigenvalue weighted by Gasteiger charge is 2.40. The van der Waals surface area contributed by atoms with Crippen LogP contribution in [-0.4, -0.2) is 76.1 Å². The summed E-state index contributed by atoms with van der Waals surface area (Å²) < 4.78 is 0.975. The smallest absolute Gasteiger partial charge is 0.337 e. The first-order chi connectivity index (χ1) is 15.6. The largest absolute Gasteiger partial charge is 0.478 e. The average Bonchev–Trinajstić information content (AvgIpc) is 3.41. The SMILES string of the molecule is CC(CN)N1CC(C)N(C)C(C)(/C=C2\C(=O)Nc3ccc(Br)cc32)C1.O=C(O)c1cc[nH]c1. The number of carbonyl (C=O) groups is 2. The van der Waals surface area contributed by atoms with E-state index < -0.39 is 5.97 Å². The molecule has 1 saturated heterocycles. The Morgan fingerprint density at radius 2 is 2.15 bits per heavy atom. The number of halogens is 1. The van der Waals surface area contributed by atoms with Gasteiger partial charge in [0, 0.05) is 65.4 Å². The average molecular weight is 518 g/mol. The fourth-order valence-electron chi connectivity index (χ4n) is 4.26. The molecule has 3 unspecified atom stereocenters. The summed E-state index contributed by atoms with van der Waals surface area (Å²) in [5.74, 6) is -0.925. The van der Waals surface area contributed by atoms with E-state index in [-0.39, 0.29) is 11.4 Å². The van der Waals surface area contributed by atoms with Crippen LogP contribution in [0.25, 0.3) is 5.57 Å². The third-order valence-corrected chi connectivity index (χ3v) is 7.01. The number of amides is 1. The molecule has 3 atom stereocenters. The fraction of sp³-hybridized carbons (Fsp3) is 0.417. The maximum atomic E-state index is 12.6. The Morgan fingerprint density at radius 3 is 2.73 bits per heavy atom. The van der Waals surface area contributed by atoms with Crippen molar-refractivity contribution in [1.29, 1.82) is 0 Å². The van der Waals surface area contributed by atoms with Crippen molar-refractivity contribution in [2.75, 3.05) is 32.0 Å². The molecule has 0 aliphatic carbocycles. The Labute approximate surface area is 203 Å². The minimum absolute atomic E-state index is 0.0284. The monoisotopic (exact) mass is 517 g/mol. The molecule has 0 radical (unpaired) electrons. The van der Waals surface area contributed by atoms with Gasteiger partial charge >= 0.3 is 5.97 Å². The zero-order chi connectivity index (χ0) is 24.3. The first-order valence-electron chi connectivity index (χ1n) is 10.9. The van der Waals surface area contributed by atoms with E-state index in [9.17, 15) is 9.59 Å². The molecule has 2 aliphatic rings. The summed E-state index contributed by atoms with van der Waals surface area (Å²) in [6.07, 6.45) is 5.14. The second-order valence-electron chi connectivity index (χ2n) is 8.94. The molecule has 178 valence electrons. The molecule has 2 aliphatic heterocycles. The first-order valence-corrected chi connectivity index (χ1v) is 11.7. The quantitative estimate of drug-likeness (QED) is 0.462. The number of rotatable bonds is 4. The topological polar surface area (TPSA) is 115 Å². The van der Waals surface area contributed by atoms with E-state index in [1.54, 1.807) is 6.20 Å². The van der Waals surface area contributed by atoms with Crippen molar-refractivity contribution in [2.45, 2.75) is 38.4 Å². The lowest BCUT2D eigenvalue weighted by Crippen LogP contribution is -2.64. The number of anilines is 1. The summed E-state index contributed by atoms with van der Waals surface area (Å²) in [6, 6.07) is 8.11. The van der Waals surface area contributed by atoms with Gasteiger partial charge < -0.3 is 21.1 Å². The van der Waals surface area contributed by atoms with Gasteiger partial charge in [0.1, 0.15) is 0 Å². The number of carboxylic acids is 1. The molecule has 1 fully saturated rings. The molecule has 33 heavy (non-hydrogen) atoms. The van der Waals surface area contributed by atoms with Gasteiger partial charge in [-0.2, -0.15) is 0 Å². The predicted octanol–water partition coefficient (Wildman–Crippen LogP) is 3.24. The number of hydrogen-bond donors (Lipinski definition) is 4. The van der Waals surface area contributed by atoms with E-state index in [1.807, 2.05) is 18.2 Å². The maximum Gasteiger partial charge on any atom is 0.337 e. The van der Waals surface area contributed by atoms with Crippen LogP contribution in [0.15, 0.2) is 47.2 Å². The van der Waals surface area contributed by atoms with Gasteiger partial charge in [-0.3, -0.25) is 14.6 Å². The van der Waals surface area contributed by atoms with Gasteiger partial charge in [0.25, 0.3) is 5.91 Å². The number of benzene rings is 1. The van der Waals surface area contributed by atoms with Crippen molar-refractivity contribution in [2.24, 2.45) is 5.73 Å². The third-order valence-electron chi connectivity index (χ3n) is 6.52. The molecule has 9 heteroatoms. The molecule has 3 heterocycles. The Bertz CT molecular complexity index is 1040.